The molecule has 29 heavy (non-hydrogen) atoms. The van der Waals surface area contributed by atoms with E-state index in [-0.39, 0.29) is 11.8 Å². The first-order valence-corrected chi connectivity index (χ1v) is 9.95. The Labute approximate surface area is 169 Å². The number of aromatic nitrogens is 1. The fourth-order valence-corrected chi connectivity index (χ4v) is 4.12. The maximum Gasteiger partial charge on any atom is 0.256 e. The zero-order valence-corrected chi connectivity index (χ0v) is 16.6. The molecular weight excluding hydrogens is 371 g/mol. The lowest BCUT2D eigenvalue weighted by Gasteiger charge is -2.22. The highest BCUT2D eigenvalue weighted by Crippen LogP contribution is 2.34. The van der Waals surface area contributed by atoms with Crippen molar-refractivity contribution in [1.82, 2.24) is 15.6 Å². The van der Waals surface area contributed by atoms with Crippen LogP contribution in [0.4, 0.5) is 10.1 Å². The fourth-order valence-electron chi connectivity index (χ4n) is 4.12. The molecule has 0 radical (unpaired) electrons. The smallest absolute Gasteiger partial charge is 0.256 e. The van der Waals surface area contributed by atoms with Crippen LogP contribution in [0.2, 0.25) is 0 Å². The largest absolute Gasteiger partial charge is 0.358 e. The maximum atomic E-state index is 13.7. The molecule has 2 aliphatic rings. The van der Waals surface area contributed by atoms with Crippen LogP contribution >= 0.6 is 0 Å². The van der Waals surface area contributed by atoms with Crippen molar-refractivity contribution in [3.05, 3.63) is 52.1 Å². The van der Waals surface area contributed by atoms with Crippen LogP contribution in [0.5, 0.6) is 0 Å². The minimum absolute atomic E-state index is 0.109. The molecule has 1 aromatic heterocycles. The predicted octanol–water partition coefficient (Wildman–Crippen LogP) is 2.99. The number of nitrogens with one attached hydrogen (secondary N) is 4. The number of amides is 2. The summed E-state index contributed by atoms with van der Waals surface area (Å²) in [5.74, 6) is -0.297. The first kappa shape index (κ1) is 19.4. The zero-order chi connectivity index (χ0) is 20.5. The first-order chi connectivity index (χ1) is 13.9. The fraction of sp³-hybridized carbons (Fsp3) is 0.364. The highest BCUT2D eigenvalue weighted by Gasteiger charge is 2.26. The van der Waals surface area contributed by atoms with Gasteiger partial charge in [-0.05, 0) is 75.5 Å². The Morgan fingerprint density at radius 1 is 1.28 bits per heavy atom. The number of carbonyl (C=O) groups excluding carboxylic acids is 2. The minimum Gasteiger partial charge on any atom is -0.358 e. The van der Waals surface area contributed by atoms with Gasteiger partial charge in [0.05, 0.1) is 11.1 Å². The number of carbonyl (C=O) groups is 2. The summed E-state index contributed by atoms with van der Waals surface area (Å²) in [5.41, 5.74) is 4.29. The van der Waals surface area contributed by atoms with Gasteiger partial charge in [0, 0.05) is 29.2 Å². The summed E-state index contributed by atoms with van der Waals surface area (Å²) < 4.78 is 13.7. The summed E-state index contributed by atoms with van der Waals surface area (Å²) in [6, 6.07) is 4.21. The Bertz CT molecular complexity index is 1000. The van der Waals surface area contributed by atoms with Gasteiger partial charge in [0.1, 0.15) is 5.82 Å². The lowest BCUT2D eigenvalue weighted by atomic mass is 9.98. The molecule has 3 heterocycles. The van der Waals surface area contributed by atoms with Crippen molar-refractivity contribution >= 4 is 29.2 Å². The van der Waals surface area contributed by atoms with Gasteiger partial charge in [0.15, 0.2) is 0 Å². The monoisotopic (exact) mass is 396 g/mol. The summed E-state index contributed by atoms with van der Waals surface area (Å²) in [6.45, 7) is 6.34. The third-order valence-corrected chi connectivity index (χ3v) is 5.77. The Morgan fingerprint density at radius 2 is 2.03 bits per heavy atom. The minimum atomic E-state index is -0.400. The molecule has 152 valence electrons. The molecule has 2 amide bonds. The van der Waals surface area contributed by atoms with Gasteiger partial charge in [-0.1, -0.05) is 0 Å². The van der Waals surface area contributed by atoms with E-state index in [9.17, 15) is 14.0 Å². The van der Waals surface area contributed by atoms with Crippen molar-refractivity contribution in [2.24, 2.45) is 5.92 Å². The molecule has 4 rings (SSSR count). The van der Waals surface area contributed by atoms with Crippen molar-refractivity contribution in [2.45, 2.75) is 26.7 Å². The van der Waals surface area contributed by atoms with Crippen LogP contribution in [-0.2, 0) is 4.79 Å². The van der Waals surface area contributed by atoms with E-state index in [4.69, 9.17) is 0 Å². The summed E-state index contributed by atoms with van der Waals surface area (Å²) in [7, 11) is 0. The van der Waals surface area contributed by atoms with Crippen molar-refractivity contribution in [3.8, 4) is 0 Å². The summed E-state index contributed by atoms with van der Waals surface area (Å²) >= 11 is 0. The van der Waals surface area contributed by atoms with Gasteiger partial charge in [-0.15, -0.1) is 0 Å². The van der Waals surface area contributed by atoms with Gasteiger partial charge < -0.3 is 20.9 Å². The Balaban J connectivity index is 1.58. The highest BCUT2D eigenvalue weighted by molar-refractivity contribution is 6.34. The van der Waals surface area contributed by atoms with Gasteiger partial charge in [0.25, 0.3) is 11.8 Å². The summed E-state index contributed by atoms with van der Waals surface area (Å²) in [4.78, 5) is 28.4. The van der Waals surface area contributed by atoms with E-state index in [0.717, 1.165) is 37.2 Å². The molecule has 4 N–H and O–H groups in total. The van der Waals surface area contributed by atoms with E-state index in [2.05, 4.69) is 20.9 Å². The number of rotatable bonds is 4. The van der Waals surface area contributed by atoms with E-state index in [1.165, 1.54) is 12.1 Å². The molecular formula is C22H25FN4O2. The SMILES string of the molecule is Cc1[nH]c(C=C2C(=O)Nc3ccc(F)cc32)c(C)c1C(=O)NCC1CCNCC1. The van der Waals surface area contributed by atoms with E-state index >= 15 is 0 Å². The highest BCUT2D eigenvalue weighted by atomic mass is 19.1. The van der Waals surface area contributed by atoms with Crippen molar-refractivity contribution in [2.75, 3.05) is 25.0 Å². The molecule has 1 fully saturated rings. The average Bonchev–Trinajstić information content (AvgIpc) is 3.16. The number of fused-ring (bicyclic) bond motifs is 1. The topological polar surface area (TPSA) is 86.0 Å². The first-order valence-electron chi connectivity index (χ1n) is 9.95. The zero-order valence-electron chi connectivity index (χ0n) is 16.6. The lowest BCUT2D eigenvalue weighted by molar-refractivity contribution is -0.110. The number of halogens is 1. The third-order valence-electron chi connectivity index (χ3n) is 5.77. The number of hydrogen-bond donors (Lipinski definition) is 4. The quantitative estimate of drug-likeness (QED) is 0.600. The van der Waals surface area contributed by atoms with Crippen LogP contribution in [0, 0.1) is 25.6 Å². The van der Waals surface area contributed by atoms with Crippen LogP contribution in [0.25, 0.3) is 11.6 Å². The molecule has 0 aliphatic carbocycles. The van der Waals surface area contributed by atoms with Crippen LogP contribution in [-0.4, -0.2) is 36.4 Å². The number of piperidine rings is 1. The maximum absolute atomic E-state index is 13.7. The molecule has 0 bridgehead atoms. The normalized spacial score (nSPS) is 18.0. The molecule has 0 saturated carbocycles. The van der Waals surface area contributed by atoms with Gasteiger partial charge in [-0.3, -0.25) is 9.59 Å². The van der Waals surface area contributed by atoms with E-state index in [1.807, 2.05) is 13.8 Å². The van der Waals surface area contributed by atoms with Gasteiger partial charge >= 0.3 is 0 Å². The van der Waals surface area contributed by atoms with Crippen molar-refractivity contribution in [1.29, 1.82) is 0 Å². The van der Waals surface area contributed by atoms with Crippen molar-refractivity contribution < 1.29 is 14.0 Å². The Kier molecular flexibility index (Phi) is 5.24. The van der Waals surface area contributed by atoms with Gasteiger partial charge in [-0.2, -0.15) is 0 Å². The second-order valence-corrected chi connectivity index (χ2v) is 7.77. The summed E-state index contributed by atoms with van der Waals surface area (Å²) in [6.07, 6.45) is 3.81. The number of aromatic amines is 1. The molecule has 2 aromatic rings. The molecule has 6 nitrogen and oxygen atoms in total. The third kappa shape index (κ3) is 3.82. The number of hydrogen-bond acceptors (Lipinski definition) is 3. The Morgan fingerprint density at radius 3 is 2.79 bits per heavy atom. The second kappa shape index (κ2) is 7.83. The number of H-pyrrole nitrogens is 1. The number of anilines is 1. The molecule has 0 atom stereocenters. The molecule has 0 spiro atoms. The van der Waals surface area contributed by atoms with E-state index in [1.54, 1.807) is 12.1 Å². The van der Waals surface area contributed by atoms with E-state index in [0.29, 0.717) is 40.5 Å². The molecule has 2 aliphatic heterocycles. The van der Waals surface area contributed by atoms with Gasteiger partial charge in [0.2, 0.25) is 0 Å². The molecule has 1 aromatic carbocycles. The Hall–Kier alpha value is -2.93. The standard InChI is InChI=1S/C22H25FN4O2/c1-12-19(10-17-16-9-15(23)3-4-18(16)27-21(17)28)26-13(2)20(12)22(29)25-11-14-5-7-24-8-6-14/h3-4,9-10,14,24,26H,5-8,11H2,1-2H3,(H,25,29)(H,27,28). The second-order valence-electron chi connectivity index (χ2n) is 7.77. The molecule has 0 unspecified atom stereocenters. The van der Waals surface area contributed by atoms with Crippen LogP contribution < -0.4 is 16.0 Å². The van der Waals surface area contributed by atoms with E-state index < -0.39 is 5.82 Å². The van der Waals surface area contributed by atoms with Crippen LogP contribution in [0.1, 0.15) is 45.7 Å². The molecule has 1 saturated heterocycles. The lowest BCUT2D eigenvalue weighted by Crippen LogP contribution is -2.36. The number of aryl methyl sites for hydroxylation is 1. The van der Waals surface area contributed by atoms with Crippen molar-refractivity contribution in [3.63, 3.8) is 0 Å². The summed E-state index contributed by atoms with van der Waals surface area (Å²) in [5, 5.41) is 9.12. The van der Waals surface area contributed by atoms with Crippen LogP contribution in [0.3, 0.4) is 0 Å². The molecule has 7 heteroatoms. The van der Waals surface area contributed by atoms with Crippen LogP contribution in [0.15, 0.2) is 18.2 Å². The predicted molar refractivity (Wildman–Crippen MR) is 111 cm³/mol. The van der Waals surface area contributed by atoms with Gasteiger partial charge in [-0.25, -0.2) is 4.39 Å². The number of benzene rings is 1. The average molecular weight is 396 g/mol.